The maximum atomic E-state index is 4.90. The third kappa shape index (κ3) is 3.25. The number of fused-ring (bicyclic) bond motifs is 1. The van der Waals surface area contributed by atoms with Crippen molar-refractivity contribution >= 4 is 23.1 Å². The second kappa shape index (κ2) is 7.49. The summed E-state index contributed by atoms with van der Waals surface area (Å²) in [6, 6.07) is 10.2. The number of rotatable bonds is 5. The van der Waals surface area contributed by atoms with Crippen LogP contribution in [0.25, 0.3) is 11.3 Å². The molecule has 1 aliphatic rings. The van der Waals surface area contributed by atoms with Crippen LogP contribution in [-0.4, -0.2) is 45.2 Å². The molecule has 6 heterocycles. The monoisotopic (exact) mass is 426 g/mol. The van der Waals surface area contributed by atoms with E-state index in [0.29, 0.717) is 17.6 Å². The Morgan fingerprint density at radius 3 is 2.84 bits per heavy atom. The van der Waals surface area contributed by atoms with Gasteiger partial charge in [-0.25, -0.2) is 14.5 Å². The van der Waals surface area contributed by atoms with Gasteiger partial charge in [0.1, 0.15) is 17.7 Å². The van der Waals surface area contributed by atoms with E-state index in [2.05, 4.69) is 31.2 Å². The quantitative estimate of drug-likeness (QED) is 0.461. The molecule has 5 aromatic heterocycles. The minimum absolute atomic E-state index is 0.167. The van der Waals surface area contributed by atoms with Crippen molar-refractivity contribution < 1.29 is 0 Å². The third-order valence-corrected chi connectivity index (χ3v) is 5.70. The van der Waals surface area contributed by atoms with Crippen LogP contribution in [0.5, 0.6) is 0 Å². The van der Waals surface area contributed by atoms with Crippen molar-refractivity contribution in [1.82, 2.24) is 38.7 Å². The molecule has 0 saturated carbocycles. The van der Waals surface area contributed by atoms with Crippen molar-refractivity contribution in [1.29, 1.82) is 0 Å². The molecule has 1 atom stereocenters. The van der Waals surface area contributed by atoms with Gasteiger partial charge in [0.2, 0.25) is 5.95 Å². The Morgan fingerprint density at radius 2 is 2.00 bits per heavy atom. The van der Waals surface area contributed by atoms with E-state index in [1.165, 1.54) is 0 Å². The van der Waals surface area contributed by atoms with Gasteiger partial charge in [-0.3, -0.25) is 9.55 Å². The maximum absolute atomic E-state index is 4.90. The number of hydrogen-bond donors (Lipinski definition) is 1. The van der Waals surface area contributed by atoms with E-state index in [1.807, 2.05) is 69.8 Å². The van der Waals surface area contributed by atoms with Crippen LogP contribution in [0.3, 0.4) is 0 Å². The Bertz CT molecular complexity index is 1370. The normalized spacial score (nSPS) is 16.2. The molecule has 1 N–H and O–H groups in total. The molecular weight excluding hydrogens is 404 g/mol. The average Bonchev–Trinajstić information content (AvgIpc) is 3.60. The van der Waals surface area contributed by atoms with Gasteiger partial charge in [0.15, 0.2) is 11.6 Å². The van der Waals surface area contributed by atoms with Gasteiger partial charge in [-0.2, -0.15) is 4.98 Å². The van der Waals surface area contributed by atoms with Gasteiger partial charge in [-0.15, -0.1) is 5.10 Å². The highest BCUT2D eigenvalue weighted by Crippen LogP contribution is 2.34. The summed E-state index contributed by atoms with van der Waals surface area (Å²) in [5, 5.41) is 8.14. The fourth-order valence-corrected chi connectivity index (χ4v) is 4.19. The third-order valence-electron chi connectivity index (χ3n) is 5.70. The molecule has 0 bridgehead atoms. The number of hydrogen-bond acceptors (Lipinski definition) is 7. The second-order valence-corrected chi connectivity index (χ2v) is 7.89. The molecule has 10 heteroatoms. The molecule has 0 aromatic carbocycles. The van der Waals surface area contributed by atoms with Crippen LogP contribution in [0.1, 0.15) is 24.6 Å². The second-order valence-electron chi connectivity index (χ2n) is 7.89. The van der Waals surface area contributed by atoms with Crippen LogP contribution in [-0.2, 0) is 7.05 Å². The number of nitrogens with one attached hydrogen (secondary N) is 1. The lowest BCUT2D eigenvalue weighted by atomic mass is 10.1. The summed E-state index contributed by atoms with van der Waals surface area (Å²) >= 11 is 0. The first-order valence-electron chi connectivity index (χ1n) is 10.6. The van der Waals surface area contributed by atoms with E-state index < -0.39 is 0 Å². The maximum Gasteiger partial charge on any atom is 0.246 e. The van der Waals surface area contributed by atoms with Crippen molar-refractivity contribution in [2.24, 2.45) is 7.05 Å². The summed E-state index contributed by atoms with van der Waals surface area (Å²) in [4.78, 5) is 20.6. The Hall–Kier alpha value is -4.21. The van der Waals surface area contributed by atoms with E-state index in [1.54, 1.807) is 12.7 Å². The lowest BCUT2D eigenvalue weighted by Gasteiger charge is -2.24. The molecule has 1 aliphatic heterocycles. The average molecular weight is 426 g/mol. The Labute approximate surface area is 184 Å². The van der Waals surface area contributed by atoms with Crippen LogP contribution >= 0.6 is 0 Å². The summed E-state index contributed by atoms with van der Waals surface area (Å²) in [5.41, 5.74) is 1.93. The van der Waals surface area contributed by atoms with Crippen LogP contribution in [0, 0.1) is 0 Å². The summed E-state index contributed by atoms with van der Waals surface area (Å²) < 4.78 is 5.63. The van der Waals surface area contributed by atoms with E-state index in [-0.39, 0.29) is 6.04 Å². The highest BCUT2D eigenvalue weighted by atomic mass is 15.4. The molecule has 0 radical (unpaired) electrons. The fourth-order valence-electron chi connectivity index (χ4n) is 4.19. The highest BCUT2D eigenvalue weighted by molar-refractivity contribution is 5.73. The summed E-state index contributed by atoms with van der Waals surface area (Å²) in [5.74, 6) is 2.87. The van der Waals surface area contributed by atoms with E-state index in [4.69, 9.17) is 10.1 Å². The number of anilines is 3. The summed E-state index contributed by atoms with van der Waals surface area (Å²) in [6.07, 6.45) is 13.2. The van der Waals surface area contributed by atoms with Crippen molar-refractivity contribution in [3.8, 4) is 5.82 Å². The largest absolute Gasteiger partial charge is 0.338 e. The first-order chi connectivity index (χ1) is 15.7. The minimum Gasteiger partial charge on any atom is -0.338 e. The number of nitrogens with zero attached hydrogens (tertiary/aromatic N) is 9. The Kier molecular flexibility index (Phi) is 4.34. The van der Waals surface area contributed by atoms with Crippen molar-refractivity contribution in [3.63, 3.8) is 0 Å². The molecule has 1 saturated heterocycles. The van der Waals surface area contributed by atoms with Gasteiger partial charge in [-0.05, 0) is 37.1 Å². The number of imidazole rings is 2. The fraction of sp³-hybridized carbons (Fsp3) is 0.227. The molecule has 6 rings (SSSR count). The van der Waals surface area contributed by atoms with Crippen molar-refractivity contribution in [2.45, 2.75) is 18.9 Å². The van der Waals surface area contributed by atoms with E-state index in [9.17, 15) is 0 Å². The standard InChI is InChI=1S/C22H22N10/c1-29-13-20(25-14-29)30-12-19(24-15-30)26-21-18-8-5-11-32(18)28-22(27-21)31-10-4-7-17(31)16-6-2-3-9-23-16/h2-3,5-6,8-9,11-15,17H,4,7,10H2,1H3,(H,26,27,28). The molecule has 0 aliphatic carbocycles. The Morgan fingerprint density at radius 1 is 1.03 bits per heavy atom. The lowest BCUT2D eigenvalue weighted by Crippen LogP contribution is -2.26. The van der Waals surface area contributed by atoms with E-state index in [0.717, 1.165) is 36.4 Å². The zero-order chi connectivity index (χ0) is 21.5. The molecule has 5 aromatic rings. The predicted octanol–water partition coefficient (Wildman–Crippen LogP) is 3.13. The molecular formula is C22H22N10. The number of aromatic nitrogens is 8. The molecule has 0 spiro atoms. The molecule has 10 nitrogen and oxygen atoms in total. The van der Waals surface area contributed by atoms with Crippen molar-refractivity contribution in [2.75, 3.05) is 16.8 Å². The van der Waals surface area contributed by atoms with Crippen LogP contribution in [0.4, 0.5) is 17.6 Å². The smallest absolute Gasteiger partial charge is 0.246 e. The highest BCUT2D eigenvalue weighted by Gasteiger charge is 2.30. The Balaban J connectivity index is 1.34. The predicted molar refractivity (Wildman–Crippen MR) is 120 cm³/mol. The van der Waals surface area contributed by atoms with Gasteiger partial charge in [0.05, 0.1) is 24.3 Å². The first kappa shape index (κ1) is 18.6. The zero-order valence-electron chi connectivity index (χ0n) is 17.6. The van der Waals surface area contributed by atoms with Crippen LogP contribution < -0.4 is 10.2 Å². The van der Waals surface area contributed by atoms with Gasteiger partial charge in [-0.1, -0.05) is 6.07 Å². The van der Waals surface area contributed by atoms with Crippen LogP contribution in [0.15, 0.2) is 67.8 Å². The van der Waals surface area contributed by atoms with E-state index >= 15 is 0 Å². The van der Waals surface area contributed by atoms with Crippen molar-refractivity contribution in [3.05, 3.63) is 73.5 Å². The zero-order valence-corrected chi connectivity index (χ0v) is 17.6. The van der Waals surface area contributed by atoms with Gasteiger partial charge >= 0.3 is 0 Å². The molecule has 0 amide bonds. The minimum atomic E-state index is 0.167. The van der Waals surface area contributed by atoms with Crippen LogP contribution in [0.2, 0.25) is 0 Å². The molecule has 1 unspecified atom stereocenters. The van der Waals surface area contributed by atoms with Gasteiger partial charge in [0, 0.05) is 32.2 Å². The van der Waals surface area contributed by atoms with Gasteiger partial charge < -0.3 is 14.8 Å². The summed E-state index contributed by atoms with van der Waals surface area (Å²) in [7, 11) is 1.94. The first-order valence-corrected chi connectivity index (χ1v) is 10.6. The summed E-state index contributed by atoms with van der Waals surface area (Å²) in [6.45, 7) is 0.891. The number of pyridine rings is 1. The lowest BCUT2D eigenvalue weighted by molar-refractivity contribution is 0.670. The molecule has 1 fully saturated rings. The molecule has 32 heavy (non-hydrogen) atoms. The number of aryl methyl sites for hydroxylation is 1. The van der Waals surface area contributed by atoms with Gasteiger partial charge in [0.25, 0.3) is 0 Å². The molecule has 160 valence electrons. The topological polar surface area (TPSA) is 94.0 Å². The SMILES string of the molecule is Cn1cnc(-n2cnc(Nc3nc(N4CCCC4c4ccccn4)nn4cccc34)c2)c1.